The molecule has 1 heteroatoms. The molecule has 0 amide bonds. The number of hydrogen-bond donors (Lipinski definition) is 1. The molecule has 98 valence electrons. The predicted molar refractivity (Wildman–Crippen MR) is 83.4 cm³/mol. The zero-order valence-electron chi connectivity index (χ0n) is 12.4. The van der Waals surface area contributed by atoms with Crippen molar-refractivity contribution in [2.24, 2.45) is 0 Å². The molecule has 18 heavy (non-hydrogen) atoms. The van der Waals surface area contributed by atoms with Crippen LogP contribution in [-0.4, -0.2) is 7.05 Å². The number of rotatable bonds is 6. The third-order valence-corrected chi connectivity index (χ3v) is 2.55. The van der Waals surface area contributed by atoms with Gasteiger partial charge in [0.2, 0.25) is 0 Å². The lowest BCUT2D eigenvalue weighted by atomic mass is 9.88. The molecule has 0 bridgehead atoms. The standard InChI is InChI=1S/C17H25N/c1-9-10-14(6)16(12(2)3)17(13(4)5)15(7)11-18-8/h9-11,18H,2,4,6H2,1,3,5,7-8H3/b10-9-,15-11-,17-16+. The normalized spacial score (nSPS) is 13.3. The van der Waals surface area contributed by atoms with Crippen LogP contribution in [0.4, 0.5) is 0 Å². The average molecular weight is 243 g/mol. The summed E-state index contributed by atoms with van der Waals surface area (Å²) in [6.07, 6.45) is 5.95. The van der Waals surface area contributed by atoms with Crippen LogP contribution in [-0.2, 0) is 0 Å². The lowest BCUT2D eigenvalue weighted by Crippen LogP contribution is -2.02. The molecule has 0 radical (unpaired) electrons. The van der Waals surface area contributed by atoms with Crippen LogP contribution in [0, 0.1) is 0 Å². The topological polar surface area (TPSA) is 12.0 Å². The molecule has 0 aromatic rings. The van der Waals surface area contributed by atoms with E-state index in [2.05, 4.69) is 32.0 Å². The SMILES string of the molecule is C=C(C)/C(C(=C)/C=C\C)=C(C(=C)C)\C(C)=C/NC. The number of hydrogen-bond acceptors (Lipinski definition) is 1. The monoisotopic (exact) mass is 243 g/mol. The van der Waals surface area contributed by atoms with Crippen molar-refractivity contribution >= 4 is 0 Å². The van der Waals surface area contributed by atoms with E-state index in [0.29, 0.717) is 0 Å². The van der Waals surface area contributed by atoms with Gasteiger partial charge in [-0.1, -0.05) is 37.5 Å². The van der Waals surface area contributed by atoms with Crippen molar-refractivity contribution in [3.05, 3.63) is 71.5 Å². The van der Waals surface area contributed by atoms with E-state index in [-0.39, 0.29) is 0 Å². The molecule has 0 fully saturated rings. The van der Waals surface area contributed by atoms with Crippen molar-refractivity contribution in [3.63, 3.8) is 0 Å². The third-order valence-electron chi connectivity index (χ3n) is 2.55. The zero-order chi connectivity index (χ0) is 14.3. The van der Waals surface area contributed by atoms with Gasteiger partial charge in [0.15, 0.2) is 0 Å². The van der Waals surface area contributed by atoms with Gasteiger partial charge in [0.25, 0.3) is 0 Å². The second kappa shape index (κ2) is 7.54. The van der Waals surface area contributed by atoms with Crippen LogP contribution >= 0.6 is 0 Å². The van der Waals surface area contributed by atoms with E-state index in [1.54, 1.807) is 0 Å². The predicted octanol–water partition coefficient (Wildman–Crippen LogP) is 4.69. The Morgan fingerprint density at radius 1 is 0.944 bits per heavy atom. The number of nitrogens with one attached hydrogen (secondary N) is 1. The molecule has 0 aromatic heterocycles. The van der Waals surface area contributed by atoms with E-state index in [1.165, 1.54) is 0 Å². The molecule has 0 aliphatic carbocycles. The minimum Gasteiger partial charge on any atom is -0.394 e. The summed E-state index contributed by atoms with van der Waals surface area (Å²) in [5.41, 5.74) is 6.30. The van der Waals surface area contributed by atoms with Gasteiger partial charge in [-0.2, -0.15) is 0 Å². The van der Waals surface area contributed by atoms with Gasteiger partial charge in [-0.05, 0) is 61.8 Å². The molecule has 0 saturated heterocycles. The van der Waals surface area contributed by atoms with Gasteiger partial charge in [0, 0.05) is 7.05 Å². The Morgan fingerprint density at radius 2 is 1.44 bits per heavy atom. The van der Waals surface area contributed by atoms with E-state index in [1.807, 2.05) is 46.2 Å². The Bertz CT molecular complexity index is 420. The van der Waals surface area contributed by atoms with Crippen molar-refractivity contribution in [2.45, 2.75) is 27.7 Å². The molecule has 0 unspecified atom stereocenters. The highest BCUT2D eigenvalue weighted by Crippen LogP contribution is 2.30. The van der Waals surface area contributed by atoms with Gasteiger partial charge < -0.3 is 5.32 Å². The van der Waals surface area contributed by atoms with Gasteiger partial charge in [0.1, 0.15) is 0 Å². The molecule has 0 saturated carbocycles. The second-order valence-corrected chi connectivity index (χ2v) is 4.45. The van der Waals surface area contributed by atoms with Gasteiger partial charge in [-0.25, -0.2) is 0 Å². The van der Waals surface area contributed by atoms with E-state index >= 15 is 0 Å². The summed E-state index contributed by atoms with van der Waals surface area (Å²) >= 11 is 0. The maximum Gasteiger partial charge on any atom is 0.00278 e. The Morgan fingerprint density at radius 3 is 1.78 bits per heavy atom. The first-order chi connectivity index (χ1) is 8.36. The zero-order valence-corrected chi connectivity index (χ0v) is 12.4. The van der Waals surface area contributed by atoms with Gasteiger partial charge in [0.05, 0.1) is 0 Å². The summed E-state index contributed by atoms with van der Waals surface area (Å²) in [5.74, 6) is 0. The first kappa shape index (κ1) is 16.2. The third kappa shape index (κ3) is 4.25. The van der Waals surface area contributed by atoms with Crippen molar-refractivity contribution in [1.29, 1.82) is 0 Å². The van der Waals surface area contributed by atoms with Crippen LogP contribution in [0.2, 0.25) is 0 Å². The molecule has 0 rings (SSSR count). The molecule has 0 aliphatic heterocycles. The van der Waals surface area contributed by atoms with Crippen molar-refractivity contribution in [2.75, 3.05) is 7.05 Å². The van der Waals surface area contributed by atoms with E-state index < -0.39 is 0 Å². The highest BCUT2D eigenvalue weighted by Gasteiger charge is 2.12. The molecular formula is C17H25N. The average Bonchev–Trinajstić information content (AvgIpc) is 2.24. The quantitative estimate of drug-likeness (QED) is 0.667. The molecule has 0 heterocycles. The molecule has 0 atom stereocenters. The Kier molecular flexibility index (Phi) is 6.81. The summed E-state index contributed by atoms with van der Waals surface area (Å²) in [4.78, 5) is 0. The first-order valence-corrected chi connectivity index (χ1v) is 6.09. The lowest BCUT2D eigenvalue weighted by Gasteiger charge is -2.17. The molecule has 0 spiro atoms. The Balaban J connectivity index is 6.06. The lowest BCUT2D eigenvalue weighted by molar-refractivity contribution is 1.07. The molecule has 0 aliphatic rings. The maximum absolute atomic E-state index is 4.12. The second-order valence-electron chi connectivity index (χ2n) is 4.45. The Labute approximate surface area is 112 Å². The van der Waals surface area contributed by atoms with Crippen LogP contribution in [0.25, 0.3) is 0 Å². The van der Waals surface area contributed by atoms with Crippen molar-refractivity contribution < 1.29 is 0 Å². The maximum atomic E-state index is 4.12. The fourth-order valence-corrected chi connectivity index (χ4v) is 1.97. The first-order valence-electron chi connectivity index (χ1n) is 6.09. The summed E-state index contributed by atoms with van der Waals surface area (Å²) in [7, 11) is 1.89. The van der Waals surface area contributed by atoms with Crippen molar-refractivity contribution in [1.82, 2.24) is 5.32 Å². The van der Waals surface area contributed by atoms with Crippen LogP contribution in [0.5, 0.6) is 0 Å². The van der Waals surface area contributed by atoms with Crippen LogP contribution in [0.1, 0.15) is 27.7 Å². The molecule has 1 N–H and O–H groups in total. The smallest absolute Gasteiger partial charge is 0.00278 e. The van der Waals surface area contributed by atoms with Crippen LogP contribution < -0.4 is 5.32 Å². The van der Waals surface area contributed by atoms with E-state index in [9.17, 15) is 0 Å². The van der Waals surface area contributed by atoms with E-state index in [4.69, 9.17) is 0 Å². The summed E-state index contributed by atoms with van der Waals surface area (Å²) in [6.45, 7) is 20.3. The Hall–Kier alpha value is -1.76. The summed E-state index contributed by atoms with van der Waals surface area (Å²) in [5, 5.41) is 3.05. The van der Waals surface area contributed by atoms with Gasteiger partial charge >= 0.3 is 0 Å². The highest BCUT2D eigenvalue weighted by atomic mass is 14.8. The highest BCUT2D eigenvalue weighted by molar-refractivity contribution is 5.61. The summed E-state index contributed by atoms with van der Waals surface area (Å²) < 4.78 is 0. The molecule has 0 aromatic carbocycles. The van der Waals surface area contributed by atoms with Gasteiger partial charge in [-0.3, -0.25) is 0 Å². The fraction of sp³-hybridized carbons (Fsp3) is 0.294. The van der Waals surface area contributed by atoms with Crippen LogP contribution in [0.3, 0.4) is 0 Å². The molecule has 1 nitrogen and oxygen atoms in total. The fourth-order valence-electron chi connectivity index (χ4n) is 1.97. The van der Waals surface area contributed by atoms with E-state index in [0.717, 1.165) is 33.4 Å². The minimum atomic E-state index is 0.965. The summed E-state index contributed by atoms with van der Waals surface area (Å²) in [6, 6.07) is 0. The van der Waals surface area contributed by atoms with Gasteiger partial charge in [-0.15, -0.1) is 0 Å². The minimum absolute atomic E-state index is 0.965. The van der Waals surface area contributed by atoms with Crippen molar-refractivity contribution in [3.8, 4) is 0 Å². The largest absolute Gasteiger partial charge is 0.394 e. The molecular weight excluding hydrogens is 218 g/mol. The number of allylic oxidation sites excluding steroid dienone is 8. The van der Waals surface area contributed by atoms with Crippen LogP contribution in [0.15, 0.2) is 71.5 Å².